The minimum absolute atomic E-state index is 0. The maximum atomic E-state index is 4.29. The lowest BCUT2D eigenvalue weighted by Crippen LogP contribution is -1.89. The molecule has 0 atom stereocenters. The van der Waals surface area contributed by atoms with Crippen molar-refractivity contribution in [2.45, 2.75) is 11.1 Å². The van der Waals surface area contributed by atoms with E-state index in [0.717, 1.165) is 11.2 Å². The zero-order chi connectivity index (χ0) is 7.40. The van der Waals surface area contributed by atoms with E-state index in [4.69, 9.17) is 0 Å². The number of nitrogens with zero attached hydrogens (tertiary/aromatic N) is 1. The molecule has 0 aliphatic carbocycles. The molecule has 0 saturated carbocycles. The minimum Gasteiger partial charge on any atom is -0.274 e. The van der Waals surface area contributed by atoms with Crippen molar-refractivity contribution in [3.8, 4) is 0 Å². The third-order valence-electron chi connectivity index (χ3n) is 0.966. The molecule has 0 spiro atoms. The number of halogens is 1. The molecule has 11 heavy (non-hydrogen) atoms. The highest BCUT2D eigenvalue weighted by molar-refractivity contribution is 14.0. The van der Waals surface area contributed by atoms with E-state index < -0.39 is 0 Å². The van der Waals surface area contributed by atoms with E-state index in [0.29, 0.717) is 0 Å². The summed E-state index contributed by atoms with van der Waals surface area (Å²) in [5, 5.41) is 0. The van der Waals surface area contributed by atoms with E-state index in [1.807, 2.05) is 0 Å². The number of rotatable bonds is 2. The van der Waals surface area contributed by atoms with Crippen LogP contribution in [0.15, 0.2) is 15.3 Å². The number of hydrogen-bond donors (Lipinski definition) is 0. The summed E-state index contributed by atoms with van der Waals surface area (Å²) in [6, 6.07) is 2.14. The van der Waals surface area contributed by atoms with Gasteiger partial charge in [-0.15, -0.1) is 35.7 Å². The van der Waals surface area contributed by atoms with Gasteiger partial charge in [0.05, 0.1) is 4.21 Å². The molecule has 1 nitrogen and oxygen atoms in total. The molecule has 0 amide bonds. The highest BCUT2D eigenvalue weighted by Crippen LogP contribution is 2.20. The standard InChI is InChI=1S/C6H9NS3.HI/c1-3-7-5-4-6(8-2)10-9-5;/h4H,3H2,1-2H3;1H. The van der Waals surface area contributed by atoms with Crippen molar-refractivity contribution in [1.82, 2.24) is 0 Å². The second-order valence-electron chi connectivity index (χ2n) is 1.65. The normalized spacial score (nSPS) is 11.3. The lowest BCUT2D eigenvalue weighted by atomic mass is 10.7. The SMILES string of the molecule is CCN=c1cc(SC)ss1.I. The van der Waals surface area contributed by atoms with Crippen molar-refractivity contribution < 1.29 is 0 Å². The lowest BCUT2D eigenvalue weighted by molar-refractivity contribution is 1.08. The zero-order valence-electron chi connectivity index (χ0n) is 6.36. The van der Waals surface area contributed by atoms with Crippen molar-refractivity contribution in [3.05, 3.63) is 10.7 Å². The maximum Gasteiger partial charge on any atom is 0.122 e. The predicted octanol–water partition coefficient (Wildman–Crippen LogP) is 3.07. The van der Waals surface area contributed by atoms with E-state index in [2.05, 4.69) is 24.2 Å². The van der Waals surface area contributed by atoms with Crippen LogP contribution in [-0.4, -0.2) is 12.8 Å². The van der Waals surface area contributed by atoms with Crippen molar-refractivity contribution in [2.24, 2.45) is 4.99 Å². The fraction of sp³-hybridized carbons (Fsp3) is 0.500. The quantitative estimate of drug-likeness (QED) is 0.464. The van der Waals surface area contributed by atoms with Gasteiger partial charge in [-0.05, 0) is 19.2 Å². The summed E-state index contributed by atoms with van der Waals surface area (Å²) in [6.07, 6.45) is 2.09. The first-order chi connectivity index (χ1) is 4.86. The second kappa shape index (κ2) is 6.45. The Hall–Kier alpha value is 0.930. The molecule has 0 aliphatic heterocycles. The Balaban J connectivity index is 0.000001000. The van der Waals surface area contributed by atoms with E-state index in [1.54, 1.807) is 32.4 Å². The first-order valence-electron chi connectivity index (χ1n) is 3.01. The van der Waals surface area contributed by atoms with Crippen LogP contribution in [0.2, 0.25) is 0 Å². The second-order valence-corrected chi connectivity index (χ2v) is 4.94. The van der Waals surface area contributed by atoms with Crippen LogP contribution in [-0.2, 0) is 0 Å². The first kappa shape index (κ1) is 11.9. The Morgan fingerprint density at radius 2 is 2.27 bits per heavy atom. The zero-order valence-corrected chi connectivity index (χ0v) is 11.1. The Labute approximate surface area is 95.4 Å². The molecule has 5 heteroatoms. The molecule has 1 aromatic rings. The number of thioether (sulfide) groups is 1. The summed E-state index contributed by atoms with van der Waals surface area (Å²) in [6.45, 7) is 2.95. The van der Waals surface area contributed by atoms with E-state index in [1.165, 1.54) is 4.21 Å². The molecule has 0 unspecified atom stereocenters. The fourth-order valence-electron chi connectivity index (χ4n) is 0.553. The largest absolute Gasteiger partial charge is 0.274 e. The van der Waals surface area contributed by atoms with Crippen LogP contribution in [0.25, 0.3) is 0 Å². The summed E-state index contributed by atoms with van der Waals surface area (Å²) in [5.41, 5.74) is 0. The van der Waals surface area contributed by atoms with Crippen LogP contribution >= 0.6 is 56.4 Å². The average molecular weight is 319 g/mol. The Bertz CT molecular complexity index is 252. The average Bonchev–Trinajstić information content (AvgIpc) is 2.37. The minimum atomic E-state index is 0. The molecule has 1 rings (SSSR count). The van der Waals surface area contributed by atoms with Gasteiger partial charge in [0.25, 0.3) is 0 Å². The maximum absolute atomic E-state index is 4.29. The predicted molar refractivity (Wildman–Crippen MR) is 65.5 cm³/mol. The molecule has 64 valence electrons. The third-order valence-corrected chi connectivity index (χ3v) is 4.64. The van der Waals surface area contributed by atoms with Crippen LogP contribution in [0, 0.1) is 0 Å². The van der Waals surface area contributed by atoms with Gasteiger partial charge in [-0.25, -0.2) is 0 Å². The molecule has 0 N–H and O–H groups in total. The molecular weight excluding hydrogens is 309 g/mol. The van der Waals surface area contributed by atoms with Gasteiger partial charge < -0.3 is 0 Å². The van der Waals surface area contributed by atoms with Gasteiger partial charge >= 0.3 is 0 Å². The molecule has 1 heterocycles. The Morgan fingerprint density at radius 3 is 2.73 bits per heavy atom. The van der Waals surface area contributed by atoms with Gasteiger partial charge in [0.2, 0.25) is 0 Å². The fourth-order valence-corrected chi connectivity index (χ4v) is 3.75. The summed E-state index contributed by atoms with van der Waals surface area (Å²) in [7, 11) is 3.55. The molecule has 0 fully saturated rings. The summed E-state index contributed by atoms with van der Waals surface area (Å²) in [4.78, 5) is 4.29. The smallest absolute Gasteiger partial charge is 0.122 e. The molecule has 0 saturated heterocycles. The van der Waals surface area contributed by atoms with Gasteiger partial charge in [-0.1, -0.05) is 20.7 Å². The van der Waals surface area contributed by atoms with Crippen molar-refractivity contribution in [2.75, 3.05) is 12.8 Å². The van der Waals surface area contributed by atoms with Crippen molar-refractivity contribution >= 4 is 56.4 Å². The lowest BCUT2D eigenvalue weighted by Gasteiger charge is -1.78. The molecule has 0 radical (unpaired) electrons. The molecule has 0 bridgehead atoms. The van der Waals surface area contributed by atoms with Gasteiger partial charge in [-0.2, -0.15) is 0 Å². The highest BCUT2D eigenvalue weighted by atomic mass is 127. The van der Waals surface area contributed by atoms with Gasteiger partial charge in [0.1, 0.15) is 4.67 Å². The van der Waals surface area contributed by atoms with Crippen LogP contribution in [0.5, 0.6) is 0 Å². The molecule has 0 aliphatic rings. The monoisotopic (exact) mass is 319 g/mol. The van der Waals surface area contributed by atoms with Crippen LogP contribution in [0.1, 0.15) is 6.92 Å². The van der Waals surface area contributed by atoms with Crippen LogP contribution in [0.3, 0.4) is 0 Å². The van der Waals surface area contributed by atoms with Gasteiger partial charge in [0, 0.05) is 6.54 Å². The van der Waals surface area contributed by atoms with Gasteiger partial charge in [0.15, 0.2) is 0 Å². The van der Waals surface area contributed by atoms with Crippen LogP contribution in [0.4, 0.5) is 0 Å². The topological polar surface area (TPSA) is 12.4 Å². The summed E-state index contributed by atoms with van der Waals surface area (Å²) >= 11 is 1.78. The van der Waals surface area contributed by atoms with Crippen molar-refractivity contribution in [1.29, 1.82) is 0 Å². The van der Waals surface area contributed by atoms with E-state index in [9.17, 15) is 0 Å². The molecule has 1 aromatic heterocycles. The summed E-state index contributed by atoms with van der Waals surface area (Å²) < 4.78 is 2.52. The first-order valence-corrected chi connectivity index (χ1v) is 6.39. The van der Waals surface area contributed by atoms with Crippen molar-refractivity contribution in [3.63, 3.8) is 0 Å². The van der Waals surface area contributed by atoms with E-state index >= 15 is 0 Å². The Morgan fingerprint density at radius 1 is 1.55 bits per heavy atom. The summed E-state index contributed by atoms with van der Waals surface area (Å²) in [5.74, 6) is 0. The van der Waals surface area contributed by atoms with E-state index in [-0.39, 0.29) is 24.0 Å². The molecule has 0 aromatic carbocycles. The van der Waals surface area contributed by atoms with Gasteiger partial charge in [-0.3, -0.25) is 4.99 Å². The highest BCUT2D eigenvalue weighted by Gasteiger charge is 1.91. The van der Waals surface area contributed by atoms with Crippen LogP contribution < -0.4 is 4.67 Å². The molecular formula is C6H10INS3. The Kier molecular flexibility index (Phi) is 6.99. The third kappa shape index (κ3) is 3.91. The number of hydrogen-bond acceptors (Lipinski definition) is 4.